The minimum Gasteiger partial charge on any atom is -0.495 e. The van der Waals surface area contributed by atoms with Crippen molar-refractivity contribution in [1.29, 1.82) is 0 Å². The predicted octanol–water partition coefficient (Wildman–Crippen LogP) is 4.21. The van der Waals surface area contributed by atoms with Crippen molar-refractivity contribution >= 4 is 46.4 Å². The number of hydrogen-bond donors (Lipinski definition) is 2. The van der Waals surface area contributed by atoms with Crippen LogP contribution in [0.25, 0.3) is 0 Å². The third kappa shape index (κ3) is 4.61. The van der Waals surface area contributed by atoms with Gasteiger partial charge < -0.3 is 15.4 Å². The summed E-state index contributed by atoms with van der Waals surface area (Å²) in [5, 5.41) is 6.10. The van der Waals surface area contributed by atoms with E-state index in [1.807, 2.05) is 0 Å². The Labute approximate surface area is 143 Å². The van der Waals surface area contributed by atoms with Crippen LogP contribution in [-0.4, -0.2) is 18.9 Å². The fraction of sp³-hybridized carbons (Fsp3) is 0.125. The van der Waals surface area contributed by atoms with Crippen LogP contribution in [0.5, 0.6) is 5.75 Å². The second-order valence-electron chi connectivity index (χ2n) is 4.71. The molecule has 0 saturated heterocycles. The van der Waals surface area contributed by atoms with Crippen LogP contribution in [0, 0.1) is 0 Å². The van der Waals surface area contributed by atoms with E-state index in [9.17, 15) is 9.59 Å². The lowest BCUT2D eigenvalue weighted by Gasteiger charge is -2.12. The molecule has 0 radical (unpaired) electrons. The highest BCUT2D eigenvalue weighted by Crippen LogP contribution is 2.28. The van der Waals surface area contributed by atoms with Crippen molar-refractivity contribution in [3.63, 3.8) is 0 Å². The first kappa shape index (κ1) is 17.1. The van der Waals surface area contributed by atoms with Crippen molar-refractivity contribution in [2.45, 2.75) is 6.92 Å². The van der Waals surface area contributed by atoms with E-state index in [1.54, 1.807) is 24.3 Å². The van der Waals surface area contributed by atoms with Gasteiger partial charge in [0.1, 0.15) is 5.75 Å². The Bertz CT molecular complexity index is 743. The van der Waals surface area contributed by atoms with Gasteiger partial charge in [0, 0.05) is 28.2 Å². The van der Waals surface area contributed by atoms with Gasteiger partial charge in [0.05, 0.1) is 12.8 Å². The quantitative estimate of drug-likeness (QED) is 0.865. The van der Waals surface area contributed by atoms with Crippen LogP contribution < -0.4 is 15.4 Å². The largest absolute Gasteiger partial charge is 0.495 e. The van der Waals surface area contributed by atoms with E-state index >= 15 is 0 Å². The van der Waals surface area contributed by atoms with Gasteiger partial charge in [-0.3, -0.25) is 9.59 Å². The van der Waals surface area contributed by atoms with Crippen LogP contribution in [0.2, 0.25) is 10.0 Å². The number of halogens is 2. The Morgan fingerprint density at radius 1 is 1.00 bits per heavy atom. The van der Waals surface area contributed by atoms with Gasteiger partial charge in [-0.2, -0.15) is 0 Å². The number of hydrogen-bond acceptors (Lipinski definition) is 3. The van der Waals surface area contributed by atoms with Crippen LogP contribution in [0.15, 0.2) is 36.4 Å². The molecule has 2 aromatic carbocycles. The third-order valence-electron chi connectivity index (χ3n) is 2.89. The lowest BCUT2D eigenvalue weighted by molar-refractivity contribution is -0.114. The summed E-state index contributed by atoms with van der Waals surface area (Å²) < 4.78 is 5.16. The number of nitrogens with one attached hydrogen (secondary N) is 2. The maximum atomic E-state index is 12.3. The van der Waals surface area contributed by atoms with Crippen LogP contribution in [0.4, 0.5) is 11.4 Å². The SMILES string of the molecule is COc1ccc(NC(=O)c2cc(Cl)cc(Cl)c2)cc1NC(C)=O. The first-order valence-corrected chi connectivity index (χ1v) is 7.37. The highest BCUT2D eigenvalue weighted by Gasteiger charge is 2.11. The van der Waals surface area contributed by atoms with Crippen molar-refractivity contribution < 1.29 is 14.3 Å². The van der Waals surface area contributed by atoms with E-state index in [1.165, 1.54) is 26.2 Å². The van der Waals surface area contributed by atoms with Crippen LogP contribution in [-0.2, 0) is 4.79 Å². The number of amides is 2. The van der Waals surface area contributed by atoms with Gasteiger partial charge in [-0.15, -0.1) is 0 Å². The molecule has 0 aliphatic rings. The molecule has 0 aliphatic carbocycles. The maximum Gasteiger partial charge on any atom is 0.255 e. The summed E-state index contributed by atoms with van der Waals surface area (Å²) >= 11 is 11.8. The first-order valence-electron chi connectivity index (χ1n) is 6.62. The standard InChI is InChI=1S/C16H14Cl2N2O3/c1-9(21)19-14-8-13(3-4-15(14)23-2)20-16(22)10-5-11(17)7-12(18)6-10/h3-8H,1-2H3,(H,19,21)(H,20,22). The summed E-state index contributed by atoms with van der Waals surface area (Å²) in [4.78, 5) is 23.5. The van der Waals surface area contributed by atoms with Gasteiger partial charge >= 0.3 is 0 Å². The molecular weight excluding hydrogens is 339 g/mol. The highest BCUT2D eigenvalue weighted by atomic mass is 35.5. The molecule has 7 heteroatoms. The molecule has 5 nitrogen and oxygen atoms in total. The summed E-state index contributed by atoms with van der Waals surface area (Å²) in [6.45, 7) is 1.39. The molecule has 0 spiro atoms. The van der Waals surface area contributed by atoms with E-state index in [2.05, 4.69) is 10.6 Å². The van der Waals surface area contributed by atoms with Crippen LogP contribution in [0.1, 0.15) is 17.3 Å². The van der Waals surface area contributed by atoms with E-state index in [0.29, 0.717) is 32.7 Å². The van der Waals surface area contributed by atoms with Crippen LogP contribution in [0.3, 0.4) is 0 Å². The Morgan fingerprint density at radius 3 is 2.22 bits per heavy atom. The van der Waals surface area contributed by atoms with Gasteiger partial charge in [0.25, 0.3) is 5.91 Å². The van der Waals surface area contributed by atoms with E-state index in [-0.39, 0.29) is 11.8 Å². The summed E-state index contributed by atoms with van der Waals surface area (Å²) in [6.07, 6.45) is 0. The minimum atomic E-state index is -0.367. The third-order valence-corrected chi connectivity index (χ3v) is 3.33. The molecule has 120 valence electrons. The number of carbonyl (C=O) groups excluding carboxylic acids is 2. The first-order chi connectivity index (χ1) is 10.9. The van der Waals surface area contributed by atoms with Crippen molar-refractivity contribution in [3.05, 3.63) is 52.0 Å². The van der Waals surface area contributed by atoms with Gasteiger partial charge in [-0.1, -0.05) is 23.2 Å². The Balaban J connectivity index is 2.25. The van der Waals surface area contributed by atoms with Gasteiger partial charge in [0.2, 0.25) is 5.91 Å². The molecular formula is C16H14Cl2N2O3. The zero-order valence-corrected chi connectivity index (χ0v) is 14.0. The Hall–Kier alpha value is -2.24. The number of methoxy groups -OCH3 is 1. The zero-order chi connectivity index (χ0) is 17.0. The molecule has 0 saturated carbocycles. The summed E-state index contributed by atoms with van der Waals surface area (Å²) in [6, 6.07) is 9.48. The lowest BCUT2D eigenvalue weighted by Crippen LogP contribution is -2.13. The van der Waals surface area contributed by atoms with Gasteiger partial charge in [-0.05, 0) is 36.4 Å². The molecule has 0 heterocycles. The molecule has 2 amide bonds. The average Bonchev–Trinajstić information content (AvgIpc) is 2.46. The Morgan fingerprint density at radius 2 is 1.65 bits per heavy atom. The molecule has 2 rings (SSSR count). The summed E-state index contributed by atoms with van der Waals surface area (Å²) in [5.74, 6) is -0.120. The van der Waals surface area contributed by atoms with E-state index in [4.69, 9.17) is 27.9 Å². The van der Waals surface area contributed by atoms with Gasteiger partial charge in [0.15, 0.2) is 0 Å². The molecule has 0 aliphatic heterocycles. The molecule has 2 N–H and O–H groups in total. The molecule has 0 atom stereocenters. The number of ether oxygens (including phenoxy) is 1. The smallest absolute Gasteiger partial charge is 0.255 e. The van der Waals surface area contributed by atoms with Gasteiger partial charge in [-0.25, -0.2) is 0 Å². The monoisotopic (exact) mass is 352 g/mol. The molecule has 0 aromatic heterocycles. The second kappa shape index (κ2) is 7.35. The van der Waals surface area contributed by atoms with Crippen molar-refractivity contribution in [2.24, 2.45) is 0 Å². The summed E-state index contributed by atoms with van der Waals surface area (Å²) in [5.41, 5.74) is 1.29. The molecule has 0 unspecified atom stereocenters. The zero-order valence-electron chi connectivity index (χ0n) is 12.4. The number of carbonyl (C=O) groups is 2. The normalized spacial score (nSPS) is 10.1. The maximum absolute atomic E-state index is 12.3. The van der Waals surface area contributed by atoms with Crippen molar-refractivity contribution in [2.75, 3.05) is 17.7 Å². The highest BCUT2D eigenvalue weighted by molar-refractivity contribution is 6.35. The topological polar surface area (TPSA) is 67.4 Å². The molecule has 0 bridgehead atoms. The average molecular weight is 353 g/mol. The fourth-order valence-corrected chi connectivity index (χ4v) is 2.49. The van der Waals surface area contributed by atoms with Crippen molar-refractivity contribution in [3.8, 4) is 5.75 Å². The number of rotatable bonds is 4. The minimum absolute atomic E-state index is 0.242. The van der Waals surface area contributed by atoms with Crippen molar-refractivity contribution in [1.82, 2.24) is 0 Å². The van der Waals surface area contributed by atoms with E-state index in [0.717, 1.165) is 0 Å². The van der Waals surface area contributed by atoms with E-state index < -0.39 is 0 Å². The molecule has 0 fully saturated rings. The number of anilines is 2. The Kier molecular flexibility index (Phi) is 5.47. The molecule has 23 heavy (non-hydrogen) atoms. The number of benzene rings is 2. The van der Waals surface area contributed by atoms with Crippen LogP contribution >= 0.6 is 23.2 Å². The fourth-order valence-electron chi connectivity index (χ4n) is 1.96. The summed E-state index contributed by atoms with van der Waals surface area (Å²) in [7, 11) is 1.49. The lowest BCUT2D eigenvalue weighted by atomic mass is 10.2. The molecule has 2 aromatic rings. The predicted molar refractivity (Wildman–Crippen MR) is 91.7 cm³/mol. The second-order valence-corrected chi connectivity index (χ2v) is 5.58.